The van der Waals surface area contributed by atoms with Gasteiger partial charge in [0.25, 0.3) is 0 Å². The van der Waals surface area contributed by atoms with Crippen LogP contribution in [0.5, 0.6) is 0 Å². The van der Waals surface area contributed by atoms with Crippen molar-refractivity contribution in [1.82, 2.24) is 0 Å². The molecule has 0 spiro atoms. The topological polar surface area (TPSA) is 23.8 Å². The average molecular weight is 250 g/mol. The van der Waals surface area contributed by atoms with Crippen molar-refractivity contribution in [3.8, 4) is 6.07 Å². The van der Waals surface area contributed by atoms with Gasteiger partial charge in [0.05, 0.1) is 11.5 Å². The van der Waals surface area contributed by atoms with Gasteiger partial charge in [-0.25, -0.2) is 0 Å². The lowest BCUT2D eigenvalue weighted by atomic mass is 9.81. The summed E-state index contributed by atoms with van der Waals surface area (Å²) in [7, 11) is 0. The van der Waals surface area contributed by atoms with Gasteiger partial charge in [0.1, 0.15) is 0 Å². The number of hydrogen-bond acceptors (Lipinski definition) is 1. The van der Waals surface area contributed by atoms with Crippen molar-refractivity contribution in [2.45, 2.75) is 18.8 Å². The van der Waals surface area contributed by atoms with Gasteiger partial charge >= 0.3 is 0 Å². The van der Waals surface area contributed by atoms with Gasteiger partial charge in [0.2, 0.25) is 0 Å². The Morgan fingerprint density at radius 2 is 2.07 bits per heavy atom. The minimum absolute atomic E-state index is 0.456. The Bertz CT molecular complexity index is 361. The van der Waals surface area contributed by atoms with E-state index in [1.54, 1.807) is 6.08 Å². The molecule has 0 N–H and O–H groups in total. The number of nitrogens with zero attached hydrogens (tertiary/aromatic N) is 1. The minimum atomic E-state index is -0.456. The van der Waals surface area contributed by atoms with Crippen molar-refractivity contribution >= 4 is 15.9 Å². The zero-order chi connectivity index (χ0) is 10.6. The standard InChI is InChI=1S/C12H12BrN/c1-3-8-12(2,9-14)10-4-6-11(13)7-5-10/h3-7H,1,8H2,2H3/t12-/m0/s1. The van der Waals surface area contributed by atoms with Crippen LogP contribution in [0.3, 0.4) is 0 Å². The largest absolute Gasteiger partial charge is 0.197 e. The van der Waals surface area contributed by atoms with Crippen LogP contribution in [0, 0.1) is 11.3 Å². The molecule has 0 bridgehead atoms. The fourth-order valence-electron chi connectivity index (χ4n) is 1.33. The molecule has 1 aromatic rings. The zero-order valence-corrected chi connectivity index (χ0v) is 9.71. The Kier molecular flexibility index (Phi) is 3.49. The monoisotopic (exact) mass is 249 g/mol. The highest BCUT2D eigenvalue weighted by molar-refractivity contribution is 9.10. The number of rotatable bonds is 3. The Labute approximate surface area is 93.2 Å². The normalized spacial score (nSPS) is 14.1. The third-order valence-corrected chi connectivity index (χ3v) is 2.81. The lowest BCUT2D eigenvalue weighted by Gasteiger charge is -2.19. The quantitative estimate of drug-likeness (QED) is 0.748. The number of benzene rings is 1. The smallest absolute Gasteiger partial charge is 0.0828 e. The third-order valence-electron chi connectivity index (χ3n) is 2.28. The zero-order valence-electron chi connectivity index (χ0n) is 8.13. The highest BCUT2D eigenvalue weighted by Crippen LogP contribution is 2.28. The average Bonchev–Trinajstić information content (AvgIpc) is 2.19. The molecule has 0 amide bonds. The molecule has 72 valence electrons. The van der Waals surface area contributed by atoms with Crippen LogP contribution in [0.25, 0.3) is 0 Å². The summed E-state index contributed by atoms with van der Waals surface area (Å²) in [5.74, 6) is 0. The molecule has 1 atom stereocenters. The van der Waals surface area contributed by atoms with E-state index < -0.39 is 5.41 Å². The van der Waals surface area contributed by atoms with E-state index in [2.05, 4.69) is 28.6 Å². The SMILES string of the molecule is C=CC[C@@](C)(C#N)c1ccc(Br)cc1. The van der Waals surface area contributed by atoms with Crippen LogP contribution in [0.4, 0.5) is 0 Å². The molecule has 2 heteroatoms. The first-order valence-electron chi connectivity index (χ1n) is 4.40. The van der Waals surface area contributed by atoms with Crippen molar-refractivity contribution < 1.29 is 0 Å². The Hall–Kier alpha value is -1.07. The molecular weight excluding hydrogens is 238 g/mol. The van der Waals surface area contributed by atoms with Crippen LogP contribution in [-0.2, 0) is 5.41 Å². The minimum Gasteiger partial charge on any atom is -0.197 e. The molecule has 1 aromatic carbocycles. The van der Waals surface area contributed by atoms with E-state index in [-0.39, 0.29) is 0 Å². The molecule has 0 radical (unpaired) electrons. The second-order valence-corrected chi connectivity index (χ2v) is 4.36. The first-order valence-corrected chi connectivity index (χ1v) is 5.20. The second kappa shape index (κ2) is 4.43. The van der Waals surface area contributed by atoms with Gasteiger partial charge in [0.15, 0.2) is 0 Å². The predicted molar refractivity (Wildman–Crippen MR) is 61.9 cm³/mol. The summed E-state index contributed by atoms with van der Waals surface area (Å²) >= 11 is 3.37. The van der Waals surface area contributed by atoms with E-state index in [4.69, 9.17) is 5.26 Å². The summed E-state index contributed by atoms with van der Waals surface area (Å²) in [6.07, 6.45) is 2.45. The van der Waals surface area contributed by atoms with Gasteiger partial charge in [-0.15, -0.1) is 6.58 Å². The van der Waals surface area contributed by atoms with E-state index in [1.807, 2.05) is 31.2 Å². The number of halogens is 1. The van der Waals surface area contributed by atoms with Crippen LogP contribution >= 0.6 is 15.9 Å². The molecule has 0 saturated heterocycles. The summed E-state index contributed by atoms with van der Waals surface area (Å²) in [6, 6.07) is 10.2. The molecule has 0 aliphatic heterocycles. The molecule has 0 saturated carbocycles. The number of allylic oxidation sites excluding steroid dienone is 1. The summed E-state index contributed by atoms with van der Waals surface area (Å²) in [5.41, 5.74) is 0.575. The first-order chi connectivity index (χ1) is 6.62. The van der Waals surface area contributed by atoms with Gasteiger partial charge in [0, 0.05) is 4.47 Å². The van der Waals surface area contributed by atoms with Crippen molar-refractivity contribution in [1.29, 1.82) is 5.26 Å². The van der Waals surface area contributed by atoms with Crippen LogP contribution in [0.2, 0.25) is 0 Å². The van der Waals surface area contributed by atoms with Crippen molar-refractivity contribution in [3.05, 3.63) is 47.0 Å². The highest BCUT2D eigenvalue weighted by atomic mass is 79.9. The van der Waals surface area contributed by atoms with Crippen molar-refractivity contribution in [2.75, 3.05) is 0 Å². The lowest BCUT2D eigenvalue weighted by Crippen LogP contribution is -2.18. The first kappa shape index (κ1) is 11.0. The molecule has 0 aliphatic carbocycles. The summed E-state index contributed by atoms with van der Waals surface area (Å²) < 4.78 is 1.03. The Morgan fingerprint density at radius 1 is 1.50 bits per heavy atom. The molecule has 0 fully saturated rings. The molecule has 1 rings (SSSR count). The number of nitriles is 1. The molecule has 0 aromatic heterocycles. The van der Waals surface area contributed by atoms with E-state index in [0.29, 0.717) is 6.42 Å². The summed E-state index contributed by atoms with van der Waals surface area (Å²) in [5, 5.41) is 9.13. The van der Waals surface area contributed by atoms with Gasteiger partial charge < -0.3 is 0 Å². The maximum Gasteiger partial charge on any atom is 0.0828 e. The van der Waals surface area contributed by atoms with Crippen LogP contribution < -0.4 is 0 Å². The molecule has 0 heterocycles. The van der Waals surface area contributed by atoms with Gasteiger partial charge in [-0.3, -0.25) is 0 Å². The summed E-state index contributed by atoms with van der Waals surface area (Å²) in [6.45, 7) is 5.60. The molecule has 0 unspecified atom stereocenters. The maximum atomic E-state index is 9.13. The number of hydrogen-bond donors (Lipinski definition) is 0. The Balaban J connectivity index is 3.07. The van der Waals surface area contributed by atoms with E-state index in [9.17, 15) is 0 Å². The van der Waals surface area contributed by atoms with Gasteiger partial charge in [-0.1, -0.05) is 34.1 Å². The van der Waals surface area contributed by atoms with Crippen LogP contribution in [-0.4, -0.2) is 0 Å². The van der Waals surface area contributed by atoms with Crippen molar-refractivity contribution in [3.63, 3.8) is 0 Å². The van der Waals surface area contributed by atoms with Crippen molar-refractivity contribution in [2.24, 2.45) is 0 Å². The van der Waals surface area contributed by atoms with E-state index in [0.717, 1.165) is 10.0 Å². The molecule has 0 aliphatic rings. The van der Waals surface area contributed by atoms with Crippen LogP contribution in [0.15, 0.2) is 41.4 Å². The van der Waals surface area contributed by atoms with E-state index in [1.165, 1.54) is 0 Å². The molecular formula is C12H12BrN. The third kappa shape index (κ3) is 2.24. The fourth-order valence-corrected chi connectivity index (χ4v) is 1.60. The van der Waals surface area contributed by atoms with Crippen LogP contribution in [0.1, 0.15) is 18.9 Å². The van der Waals surface area contributed by atoms with Gasteiger partial charge in [-0.05, 0) is 31.0 Å². The molecule has 1 nitrogen and oxygen atoms in total. The second-order valence-electron chi connectivity index (χ2n) is 3.44. The summed E-state index contributed by atoms with van der Waals surface area (Å²) in [4.78, 5) is 0. The molecule has 14 heavy (non-hydrogen) atoms. The lowest BCUT2D eigenvalue weighted by molar-refractivity contribution is 0.621. The van der Waals surface area contributed by atoms with E-state index >= 15 is 0 Å². The Morgan fingerprint density at radius 3 is 2.50 bits per heavy atom. The fraction of sp³-hybridized carbons (Fsp3) is 0.250. The highest BCUT2D eigenvalue weighted by Gasteiger charge is 2.24. The van der Waals surface area contributed by atoms with Gasteiger partial charge in [-0.2, -0.15) is 5.26 Å². The maximum absolute atomic E-state index is 9.13. The predicted octanol–water partition coefficient (Wildman–Crippen LogP) is 3.81.